The minimum atomic E-state index is -3.78. The van der Waals surface area contributed by atoms with E-state index in [4.69, 9.17) is 9.47 Å². The predicted octanol–water partition coefficient (Wildman–Crippen LogP) is 1.97. The average Bonchev–Trinajstić information content (AvgIpc) is 2.36. The molecule has 0 spiro atoms. The Morgan fingerprint density at radius 1 is 1.18 bits per heavy atom. The quantitative estimate of drug-likeness (QED) is 0.762. The van der Waals surface area contributed by atoms with Crippen LogP contribution in [-0.4, -0.2) is 27.3 Å². The molecular formula is C11H12F2O4. The third-order valence-corrected chi connectivity index (χ3v) is 2.18. The van der Waals surface area contributed by atoms with Crippen LogP contribution in [0.15, 0.2) is 18.2 Å². The fraction of sp³-hybridized carbons (Fsp3) is 0.364. The number of esters is 1. The molecule has 0 amide bonds. The van der Waals surface area contributed by atoms with Gasteiger partial charge in [-0.3, -0.25) is 0 Å². The maximum Gasteiger partial charge on any atom is 0.381 e. The number of ether oxygens (including phenoxy) is 3. The van der Waals surface area contributed by atoms with Crippen molar-refractivity contribution in [1.29, 1.82) is 0 Å². The van der Waals surface area contributed by atoms with Gasteiger partial charge >= 0.3 is 11.9 Å². The van der Waals surface area contributed by atoms with Crippen molar-refractivity contribution in [3.05, 3.63) is 23.8 Å². The predicted molar refractivity (Wildman–Crippen MR) is 55.5 cm³/mol. The van der Waals surface area contributed by atoms with E-state index in [1.807, 2.05) is 0 Å². The molecular weight excluding hydrogens is 234 g/mol. The van der Waals surface area contributed by atoms with E-state index in [-0.39, 0.29) is 11.5 Å². The second-order valence-corrected chi connectivity index (χ2v) is 3.11. The van der Waals surface area contributed by atoms with Gasteiger partial charge in [0.05, 0.1) is 26.9 Å². The molecule has 1 aromatic rings. The second-order valence-electron chi connectivity index (χ2n) is 3.11. The first-order valence-corrected chi connectivity index (χ1v) is 4.66. The summed E-state index contributed by atoms with van der Waals surface area (Å²) in [7, 11) is 3.43. The van der Waals surface area contributed by atoms with Gasteiger partial charge in [0, 0.05) is 0 Å². The molecule has 0 bridgehead atoms. The van der Waals surface area contributed by atoms with Crippen molar-refractivity contribution in [3.63, 3.8) is 0 Å². The average molecular weight is 246 g/mol. The molecule has 0 unspecified atom stereocenters. The number of carbonyl (C=O) groups is 1. The van der Waals surface area contributed by atoms with Crippen LogP contribution in [0.4, 0.5) is 8.78 Å². The van der Waals surface area contributed by atoms with Crippen LogP contribution < -0.4 is 9.47 Å². The lowest BCUT2D eigenvalue weighted by Crippen LogP contribution is -2.27. The SMILES string of the molecule is COC(=O)C(F)(F)c1cccc(OC)c1OC. The van der Waals surface area contributed by atoms with E-state index in [0.29, 0.717) is 0 Å². The molecule has 0 fully saturated rings. The van der Waals surface area contributed by atoms with Crippen LogP contribution >= 0.6 is 0 Å². The third kappa shape index (κ3) is 2.30. The Balaban J connectivity index is 3.35. The Bertz CT molecular complexity index is 418. The van der Waals surface area contributed by atoms with Crippen LogP contribution in [0.5, 0.6) is 11.5 Å². The zero-order chi connectivity index (χ0) is 13.1. The number of methoxy groups -OCH3 is 3. The molecule has 0 heterocycles. The van der Waals surface area contributed by atoms with Crippen LogP contribution in [0.1, 0.15) is 5.56 Å². The standard InChI is InChI=1S/C11H12F2O4/c1-15-8-6-4-5-7(9(8)16-2)11(12,13)10(14)17-3/h4-6H,1-3H3. The molecule has 0 N–H and O–H groups in total. The summed E-state index contributed by atoms with van der Waals surface area (Å²) >= 11 is 0. The van der Waals surface area contributed by atoms with Crippen molar-refractivity contribution in [1.82, 2.24) is 0 Å². The van der Waals surface area contributed by atoms with Crippen molar-refractivity contribution < 1.29 is 27.8 Å². The fourth-order valence-corrected chi connectivity index (χ4v) is 1.37. The summed E-state index contributed by atoms with van der Waals surface area (Å²) in [6, 6.07) is 3.88. The van der Waals surface area contributed by atoms with E-state index in [1.165, 1.54) is 26.4 Å². The van der Waals surface area contributed by atoms with Gasteiger partial charge in [-0.15, -0.1) is 0 Å². The van der Waals surface area contributed by atoms with Crippen molar-refractivity contribution >= 4 is 5.97 Å². The Labute approximate surface area is 97.1 Å². The van der Waals surface area contributed by atoms with E-state index < -0.39 is 17.5 Å². The summed E-state index contributed by atoms with van der Waals surface area (Å²) in [6.07, 6.45) is 0. The lowest BCUT2D eigenvalue weighted by molar-refractivity contribution is -0.170. The summed E-state index contributed by atoms with van der Waals surface area (Å²) in [6.45, 7) is 0. The van der Waals surface area contributed by atoms with E-state index >= 15 is 0 Å². The van der Waals surface area contributed by atoms with E-state index in [0.717, 1.165) is 13.2 Å². The number of carbonyl (C=O) groups excluding carboxylic acids is 1. The van der Waals surface area contributed by atoms with Gasteiger partial charge in [-0.2, -0.15) is 8.78 Å². The highest BCUT2D eigenvalue weighted by atomic mass is 19.3. The highest BCUT2D eigenvalue weighted by Gasteiger charge is 2.45. The molecule has 0 aliphatic carbocycles. The minimum Gasteiger partial charge on any atom is -0.493 e. The van der Waals surface area contributed by atoms with Crippen LogP contribution in [0, 0.1) is 0 Å². The lowest BCUT2D eigenvalue weighted by atomic mass is 10.1. The van der Waals surface area contributed by atoms with Gasteiger partial charge in [-0.1, -0.05) is 6.07 Å². The molecule has 0 saturated heterocycles. The number of hydrogen-bond acceptors (Lipinski definition) is 4. The zero-order valence-electron chi connectivity index (χ0n) is 9.62. The first-order chi connectivity index (χ1) is 7.98. The number of benzene rings is 1. The van der Waals surface area contributed by atoms with Gasteiger partial charge in [0.2, 0.25) is 0 Å². The van der Waals surface area contributed by atoms with Crippen molar-refractivity contribution in [2.45, 2.75) is 5.92 Å². The van der Waals surface area contributed by atoms with E-state index in [1.54, 1.807) is 0 Å². The monoisotopic (exact) mass is 246 g/mol. The molecule has 0 radical (unpaired) electrons. The van der Waals surface area contributed by atoms with E-state index in [2.05, 4.69) is 4.74 Å². The number of rotatable bonds is 4. The van der Waals surface area contributed by atoms with Gasteiger partial charge in [-0.25, -0.2) is 4.79 Å². The minimum absolute atomic E-state index is 0.119. The fourth-order valence-electron chi connectivity index (χ4n) is 1.37. The van der Waals surface area contributed by atoms with Crippen LogP contribution in [0.25, 0.3) is 0 Å². The molecule has 0 aliphatic heterocycles. The van der Waals surface area contributed by atoms with Gasteiger partial charge in [0.25, 0.3) is 0 Å². The maximum absolute atomic E-state index is 13.7. The van der Waals surface area contributed by atoms with Gasteiger partial charge < -0.3 is 14.2 Å². The third-order valence-electron chi connectivity index (χ3n) is 2.18. The largest absolute Gasteiger partial charge is 0.493 e. The summed E-state index contributed by atoms with van der Waals surface area (Å²) in [5.74, 6) is -5.50. The van der Waals surface area contributed by atoms with E-state index in [9.17, 15) is 13.6 Å². The van der Waals surface area contributed by atoms with Gasteiger partial charge in [-0.05, 0) is 12.1 Å². The maximum atomic E-state index is 13.7. The Hall–Kier alpha value is -1.85. The smallest absolute Gasteiger partial charge is 0.381 e. The Morgan fingerprint density at radius 2 is 1.82 bits per heavy atom. The molecule has 0 aliphatic rings. The molecule has 0 atom stereocenters. The van der Waals surface area contributed by atoms with Gasteiger partial charge in [0.1, 0.15) is 0 Å². The Morgan fingerprint density at radius 3 is 2.29 bits per heavy atom. The van der Waals surface area contributed by atoms with Crippen molar-refractivity contribution in [3.8, 4) is 11.5 Å². The van der Waals surface area contributed by atoms with Crippen molar-refractivity contribution in [2.75, 3.05) is 21.3 Å². The normalized spacial score (nSPS) is 10.9. The highest BCUT2D eigenvalue weighted by molar-refractivity contribution is 5.80. The highest BCUT2D eigenvalue weighted by Crippen LogP contribution is 2.41. The number of hydrogen-bond donors (Lipinski definition) is 0. The number of halogens is 2. The molecule has 4 nitrogen and oxygen atoms in total. The number of para-hydroxylation sites is 1. The second kappa shape index (κ2) is 4.99. The first-order valence-electron chi connectivity index (χ1n) is 4.66. The summed E-state index contributed by atoms with van der Waals surface area (Å²) in [5.41, 5.74) is -0.591. The first kappa shape index (κ1) is 13.2. The molecule has 1 aromatic carbocycles. The Kier molecular flexibility index (Phi) is 3.88. The summed E-state index contributed by atoms with van der Waals surface area (Å²) in [5, 5.41) is 0. The topological polar surface area (TPSA) is 44.8 Å². The van der Waals surface area contributed by atoms with Crippen molar-refractivity contribution in [2.24, 2.45) is 0 Å². The molecule has 0 saturated carbocycles. The van der Waals surface area contributed by atoms with Crippen LogP contribution in [0.3, 0.4) is 0 Å². The zero-order valence-corrected chi connectivity index (χ0v) is 9.62. The molecule has 94 valence electrons. The summed E-state index contributed by atoms with van der Waals surface area (Å²) in [4.78, 5) is 11.0. The molecule has 1 rings (SSSR count). The molecule has 6 heteroatoms. The molecule has 0 aromatic heterocycles. The van der Waals surface area contributed by atoms with Gasteiger partial charge in [0.15, 0.2) is 11.5 Å². The lowest BCUT2D eigenvalue weighted by Gasteiger charge is -2.18. The van der Waals surface area contributed by atoms with Crippen LogP contribution in [-0.2, 0) is 15.5 Å². The van der Waals surface area contributed by atoms with Crippen LogP contribution in [0.2, 0.25) is 0 Å². The summed E-state index contributed by atoms with van der Waals surface area (Å²) < 4.78 is 41.2. The number of alkyl halides is 2. The molecule has 17 heavy (non-hydrogen) atoms.